The standard InChI is InChI=1S/C16H20N2O3/c1-11(16(20)21)15-12(2)17(9-10-18(15)13(3)19)14-7-5-4-6-8-14/h4-8,12,15H,1,9-10H2,2-3H3,(H,20,21)/t12-,15-/m0/s1. The van der Waals surface area contributed by atoms with E-state index in [1.54, 1.807) is 4.90 Å². The van der Waals surface area contributed by atoms with Crippen LogP contribution in [0.2, 0.25) is 0 Å². The molecule has 1 aliphatic rings. The molecule has 1 N–H and O–H groups in total. The second kappa shape index (κ2) is 5.99. The lowest BCUT2D eigenvalue weighted by Crippen LogP contribution is -2.61. The summed E-state index contributed by atoms with van der Waals surface area (Å²) in [5.74, 6) is -1.19. The van der Waals surface area contributed by atoms with Gasteiger partial charge in [-0.2, -0.15) is 0 Å². The van der Waals surface area contributed by atoms with Gasteiger partial charge in [-0.3, -0.25) is 4.79 Å². The van der Waals surface area contributed by atoms with E-state index < -0.39 is 12.0 Å². The van der Waals surface area contributed by atoms with Gasteiger partial charge in [0.25, 0.3) is 0 Å². The van der Waals surface area contributed by atoms with Crippen LogP contribution in [-0.4, -0.2) is 47.1 Å². The number of carboxylic acid groups (broad SMARTS) is 1. The maximum Gasteiger partial charge on any atom is 0.333 e. The first kappa shape index (κ1) is 15.1. The molecule has 1 amide bonds. The van der Waals surface area contributed by atoms with Gasteiger partial charge in [0.05, 0.1) is 17.7 Å². The van der Waals surface area contributed by atoms with Crippen molar-refractivity contribution in [2.24, 2.45) is 0 Å². The lowest BCUT2D eigenvalue weighted by Gasteiger charge is -2.47. The van der Waals surface area contributed by atoms with Crippen molar-refractivity contribution in [1.82, 2.24) is 4.90 Å². The summed E-state index contributed by atoms with van der Waals surface area (Å²) in [7, 11) is 0. The summed E-state index contributed by atoms with van der Waals surface area (Å²) in [5.41, 5.74) is 1.08. The first-order chi connectivity index (χ1) is 9.93. The normalized spacial score (nSPS) is 22.0. The summed E-state index contributed by atoms with van der Waals surface area (Å²) >= 11 is 0. The molecule has 1 aromatic carbocycles. The number of benzene rings is 1. The third-order valence-electron chi connectivity index (χ3n) is 3.99. The van der Waals surface area contributed by atoms with Gasteiger partial charge in [-0.15, -0.1) is 0 Å². The van der Waals surface area contributed by atoms with E-state index in [0.29, 0.717) is 13.1 Å². The van der Waals surface area contributed by atoms with Crippen LogP contribution in [0, 0.1) is 0 Å². The van der Waals surface area contributed by atoms with Crippen LogP contribution in [0.15, 0.2) is 42.5 Å². The van der Waals surface area contributed by atoms with E-state index in [1.165, 1.54) is 6.92 Å². The van der Waals surface area contributed by atoms with Crippen molar-refractivity contribution in [3.05, 3.63) is 42.5 Å². The Morgan fingerprint density at radius 3 is 2.38 bits per heavy atom. The van der Waals surface area contributed by atoms with Gasteiger partial charge in [-0.25, -0.2) is 4.79 Å². The summed E-state index contributed by atoms with van der Waals surface area (Å²) in [5, 5.41) is 9.25. The maximum absolute atomic E-state index is 11.8. The number of amides is 1. The van der Waals surface area contributed by atoms with Crippen LogP contribution in [0.5, 0.6) is 0 Å². The molecular weight excluding hydrogens is 268 g/mol. The summed E-state index contributed by atoms with van der Waals surface area (Å²) in [4.78, 5) is 26.8. The molecule has 1 saturated heterocycles. The van der Waals surface area contributed by atoms with Crippen molar-refractivity contribution in [1.29, 1.82) is 0 Å². The molecule has 1 aromatic rings. The molecule has 2 rings (SSSR count). The molecule has 0 aliphatic carbocycles. The molecule has 0 aromatic heterocycles. The fraction of sp³-hybridized carbons (Fsp3) is 0.375. The zero-order valence-electron chi connectivity index (χ0n) is 12.3. The van der Waals surface area contributed by atoms with Crippen molar-refractivity contribution in [3.63, 3.8) is 0 Å². The van der Waals surface area contributed by atoms with Crippen LogP contribution in [0.3, 0.4) is 0 Å². The number of carbonyl (C=O) groups is 2. The zero-order valence-corrected chi connectivity index (χ0v) is 12.3. The predicted octanol–water partition coefficient (Wildman–Crippen LogP) is 1.75. The summed E-state index contributed by atoms with van der Waals surface area (Å²) in [6.45, 7) is 8.23. The van der Waals surface area contributed by atoms with Crippen molar-refractivity contribution in [3.8, 4) is 0 Å². The van der Waals surface area contributed by atoms with E-state index in [4.69, 9.17) is 0 Å². The molecule has 0 bridgehead atoms. The highest BCUT2D eigenvalue weighted by Gasteiger charge is 2.38. The minimum atomic E-state index is -1.06. The second-order valence-corrected chi connectivity index (χ2v) is 5.26. The highest BCUT2D eigenvalue weighted by Crippen LogP contribution is 2.27. The molecule has 1 fully saturated rings. The number of piperazine rings is 1. The quantitative estimate of drug-likeness (QED) is 0.861. The van der Waals surface area contributed by atoms with Crippen molar-refractivity contribution >= 4 is 17.6 Å². The number of carbonyl (C=O) groups excluding carboxylic acids is 1. The smallest absolute Gasteiger partial charge is 0.333 e. The number of hydrogen-bond acceptors (Lipinski definition) is 3. The first-order valence-corrected chi connectivity index (χ1v) is 6.94. The van der Waals surface area contributed by atoms with Crippen molar-refractivity contribution in [2.75, 3.05) is 18.0 Å². The van der Waals surface area contributed by atoms with E-state index >= 15 is 0 Å². The summed E-state index contributed by atoms with van der Waals surface area (Å²) in [6, 6.07) is 9.14. The van der Waals surface area contributed by atoms with Gasteiger partial charge in [-0.05, 0) is 19.1 Å². The Morgan fingerprint density at radius 1 is 1.24 bits per heavy atom. The van der Waals surface area contributed by atoms with E-state index in [2.05, 4.69) is 11.5 Å². The molecule has 0 unspecified atom stereocenters. The van der Waals surface area contributed by atoms with Gasteiger partial charge in [0, 0.05) is 25.7 Å². The molecule has 0 radical (unpaired) electrons. The average molecular weight is 288 g/mol. The lowest BCUT2D eigenvalue weighted by atomic mass is 9.95. The van der Waals surface area contributed by atoms with Crippen LogP contribution >= 0.6 is 0 Å². The van der Waals surface area contributed by atoms with Crippen LogP contribution in [0.1, 0.15) is 13.8 Å². The predicted molar refractivity (Wildman–Crippen MR) is 81.2 cm³/mol. The second-order valence-electron chi connectivity index (χ2n) is 5.26. The Morgan fingerprint density at radius 2 is 1.86 bits per heavy atom. The van der Waals surface area contributed by atoms with Gasteiger partial charge in [-0.1, -0.05) is 24.8 Å². The number of hydrogen-bond donors (Lipinski definition) is 1. The monoisotopic (exact) mass is 288 g/mol. The van der Waals surface area contributed by atoms with E-state index in [-0.39, 0.29) is 17.5 Å². The number of rotatable bonds is 3. The van der Waals surface area contributed by atoms with Gasteiger partial charge in [0.1, 0.15) is 0 Å². The molecule has 21 heavy (non-hydrogen) atoms. The van der Waals surface area contributed by atoms with Crippen molar-refractivity contribution in [2.45, 2.75) is 25.9 Å². The van der Waals surface area contributed by atoms with Gasteiger partial charge in [0.15, 0.2) is 0 Å². The lowest BCUT2D eigenvalue weighted by molar-refractivity contribution is -0.135. The fourth-order valence-electron chi connectivity index (χ4n) is 2.93. The highest BCUT2D eigenvalue weighted by atomic mass is 16.4. The number of aliphatic carboxylic acids is 1. The fourth-order valence-corrected chi connectivity index (χ4v) is 2.93. The molecule has 112 valence electrons. The third-order valence-corrected chi connectivity index (χ3v) is 3.99. The largest absolute Gasteiger partial charge is 0.478 e. The van der Waals surface area contributed by atoms with Gasteiger partial charge >= 0.3 is 5.97 Å². The Bertz CT molecular complexity index is 556. The Balaban J connectivity index is 2.34. The molecule has 5 heteroatoms. The Kier molecular flexibility index (Phi) is 4.31. The van der Waals surface area contributed by atoms with Crippen LogP contribution in [0.4, 0.5) is 5.69 Å². The van der Waals surface area contributed by atoms with E-state index in [1.807, 2.05) is 37.3 Å². The molecule has 1 heterocycles. The third kappa shape index (κ3) is 2.91. The topological polar surface area (TPSA) is 60.9 Å². The molecule has 5 nitrogen and oxygen atoms in total. The number of nitrogens with zero attached hydrogens (tertiary/aromatic N) is 2. The summed E-state index contributed by atoms with van der Waals surface area (Å²) < 4.78 is 0. The van der Waals surface area contributed by atoms with Gasteiger partial charge < -0.3 is 14.9 Å². The van der Waals surface area contributed by atoms with E-state index in [0.717, 1.165) is 5.69 Å². The van der Waals surface area contributed by atoms with Crippen LogP contribution in [0.25, 0.3) is 0 Å². The number of para-hydroxylation sites is 1. The molecule has 2 atom stereocenters. The van der Waals surface area contributed by atoms with E-state index in [9.17, 15) is 14.7 Å². The van der Waals surface area contributed by atoms with Crippen LogP contribution in [-0.2, 0) is 9.59 Å². The van der Waals surface area contributed by atoms with Crippen LogP contribution < -0.4 is 4.90 Å². The maximum atomic E-state index is 11.8. The zero-order chi connectivity index (χ0) is 15.6. The molecule has 0 spiro atoms. The first-order valence-electron chi connectivity index (χ1n) is 6.94. The minimum absolute atomic E-state index is 0.0540. The number of anilines is 1. The van der Waals surface area contributed by atoms with Gasteiger partial charge in [0.2, 0.25) is 5.91 Å². The molecule has 0 saturated carbocycles. The van der Waals surface area contributed by atoms with Crippen molar-refractivity contribution < 1.29 is 14.7 Å². The summed E-state index contributed by atoms with van der Waals surface area (Å²) in [6.07, 6.45) is 0. The minimum Gasteiger partial charge on any atom is -0.478 e. The Labute approximate surface area is 124 Å². The molecular formula is C16H20N2O3. The molecule has 1 aliphatic heterocycles. The Hall–Kier alpha value is -2.30. The highest BCUT2D eigenvalue weighted by molar-refractivity contribution is 5.89. The number of carboxylic acids is 1. The average Bonchev–Trinajstić information content (AvgIpc) is 2.46. The SMILES string of the molecule is C=C(C(=O)O)[C@H]1[C@H](C)N(c2ccccc2)CCN1C(C)=O.